The summed E-state index contributed by atoms with van der Waals surface area (Å²) >= 11 is 0. The van der Waals surface area contributed by atoms with Crippen molar-refractivity contribution < 1.29 is 14.7 Å². The van der Waals surface area contributed by atoms with Gasteiger partial charge in [0.2, 0.25) is 5.91 Å². The number of rotatable bonds is 5. The summed E-state index contributed by atoms with van der Waals surface area (Å²) in [5, 5.41) is 19.3. The SMILES string of the molecule is CC(C(=O)O)C(=O)NCCc1nnc2ccccn12. The summed E-state index contributed by atoms with van der Waals surface area (Å²) in [5.74, 6) is -1.96. The normalized spacial score (nSPS) is 12.3. The second-order valence-corrected chi connectivity index (χ2v) is 4.15. The molecule has 0 bridgehead atoms. The molecule has 0 saturated heterocycles. The van der Waals surface area contributed by atoms with E-state index in [0.29, 0.717) is 13.0 Å². The van der Waals surface area contributed by atoms with Crippen LogP contribution in [0.2, 0.25) is 0 Å². The molecule has 0 aliphatic rings. The van der Waals surface area contributed by atoms with Gasteiger partial charge in [-0.25, -0.2) is 0 Å². The minimum absolute atomic E-state index is 0.326. The molecule has 2 aromatic rings. The fourth-order valence-corrected chi connectivity index (χ4v) is 1.62. The third-order valence-electron chi connectivity index (χ3n) is 2.80. The number of hydrogen-bond acceptors (Lipinski definition) is 4. The van der Waals surface area contributed by atoms with Gasteiger partial charge in [0.15, 0.2) is 5.65 Å². The third-order valence-corrected chi connectivity index (χ3v) is 2.80. The van der Waals surface area contributed by atoms with Crippen LogP contribution in [0.25, 0.3) is 5.65 Å². The van der Waals surface area contributed by atoms with E-state index < -0.39 is 17.8 Å². The highest BCUT2D eigenvalue weighted by Gasteiger charge is 2.19. The summed E-state index contributed by atoms with van der Waals surface area (Å²) in [7, 11) is 0. The lowest BCUT2D eigenvalue weighted by atomic mass is 10.2. The van der Waals surface area contributed by atoms with E-state index in [1.807, 2.05) is 28.8 Å². The van der Waals surface area contributed by atoms with Gasteiger partial charge in [-0.3, -0.25) is 14.0 Å². The van der Waals surface area contributed by atoms with E-state index in [4.69, 9.17) is 5.11 Å². The van der Waals surface area contributed by atoms with Crippen molar-refractivity contribution in [1.29, 1.82) is 0 Å². The van der Waals surface area contributed by atoms with Gasteiger partial charge in [-0.2, -0.15) is 0 Å². The number of hydrogen-bond donors (Lipinski definition) is 2. The van der Waals surface area contributed by atoms with E-state index >= 15 is 0 Å². The Kier molecular flexibility index (Phi) is 3.74. The number of carboxylic acid groups (broad SMARTS) is 1. The molecule has 0 aromatic carbocycles. The van der Waals surface area contributed by atoms with Gasteiger partial charge in [-0.15, -0.1) is 10.2 Å². The van der Waals surface area contributed by atoms with Crippen LogP contribution in [0.15, 0.2) is 24.4 Å². The van der Waals surface area contributed by atoms with Crippen molar-refractivity contribution in [3.05, 3.63) is 30.2 Å². The van der Waals surface area contributed by atoms with E-state index in [1.165, 1.54) is 6.92 Å². The average molecular weight is 262 g/mol. The van der Waals surface area contributed by atoms with Crippen LogP contribution in [0.3, 0.4) is 0 Å². The zero-order valence-electron chi connectivity index (χ0n) is 10.4. The molecule has 7 heteroatoms. The van der Waals surface area contributed by atoms with Crippen LogP contribution in [-0.2, 0) is 16.0 Å². The van der Waals surface area contributed by atoms with Crippen molar-refractivity contribution >= 4 is 17.5 Å². The first kappa shape index (κ1) is 13.0. The third kappa shape index (κ3) is 2.87. The summed E-state index contributed by atoms with van der Waals surface area (Å²) in [4.78, 5) is 22.1. The maximum Gasteiger partial charge on any atom is 0.315 e. The number of carbonyl (C=O) groups excluding carboxylic acids is 1. The Bertz CT molecular complexity index is 608. The molecule has 2 heterocycles. The van der Waals surface area contributed by atoms with Crippen molar-refractivity contribution in [2.75, 3.05) is 6.54 Å². The lowest BCUT2D eigenvalue weighted by molar-refractivity contribution is -0.146. The van der Waals surface area contributed by atoms with Crippen LogP contribution >= 0.6 is 0 Å². The quantitative estimate of drug-likeness (QED) is 0.745. The molecule has 0 spiro atoms. The van der Waals surface area contributed by atoms with Gasteiger partial charge < -0.3 is 10.4 Å². The van der Waals surface area contributed by atoms with Crippen LogP contribution < -0.4 is 5.32 Å². The molecule has 1 unspecified atom stereocenters. The van der Waals surface area contributed by atoms with Gasteiger partial charge >= 0.3 is 5.97 Å². The standard InChI is InChI=1S/C12H14N4O3/c1-8(12(18)19)11(17)13-6-5-10-15-14-9-4-2-3-7-16(9)10/h2-4,7-8H,5-6H2,1H3,(H,13,17)(H,18,19). The molecule has 0 fully saturated rings. The Hall–Kier alpha value is -2.44. The summed E-state index contributed by atoms with van der Waals surface area (Å²) in [6.45, 7) is 1.68. The summed E-state index contributed by atoms with van der Waals surface area (Å²) < 4.78 is 1.83. The number of nitrogens with zero attached hydrogens (tertiary/aromatic N) is 3. The molecule has 2 rings (SSSR count). The second kappa shape index (κ2) is 5.47. The van der Waals surface area contributed by atoms with E-state index in [0.717, 1.165) is 11.5 Å². The maximum atomic E-state index is 11.4. The van der Waals surface area contributed by atoms with Crippen molar-refractivity contribution in [3.8, 4) is 0 Å². The molecular weight excluding hydrogens is 248 g/mol. The molecular formula is C12H14N4O3. The topological polar surface area (TPSA) is 96.6 Å². The number of aliphatic carboxylic acids is 1. The van der Waals surface area contributed by atoms with Crippen LogP contribution in [0, 0.1) is 5.92 Å². The number of carboxylic acids is 1. The van der Waals surface area contributed by atoms with Crippen molar-refractivity contribution in [2.45, 2.75) is 13.3 Å². The predicted octanol–water partition coefficient (Wildman–Crippen LogP) is 0.109. The zero-order chi connectivity index (χ0) is 13.8. The molecule has 100 valence electrons. The van der Waals surface area contributed by atoms with Gasteiger partial charge in [0.05, 0.1) is 0 Å². The Morgan fingerprint density at radius 2 is 2.21 bits per heavy atom. The minimum atomic E-state index is -1.13. The zero-order valence-corrected chi connectivity index (χ0v) is 10.4. The first-order valence-electron chi connectivity index (χ1n) is 5.88. The van der Waals surface area contributed by atoms with E-state index in [2.05, 4.69) is 15.5 Å². The summed E-state index contributed by atoms with van der Waals surface area (Å²) in [6.07, 6.45) is 2.33. The highest BCUT2D eigenvalue weighted by Crippen LogP contribution is 2.03. The lowest BCUT2D eigenvalue weighted by Gasteiger charge is -2.07. The van der Waals surface area contributed by atoms with Crippen LogP contribution in [-0.4, -0.2) is 38.1 Å². The first-order valence-corrected chi connectivity index (χ1v) is 5.88. The molecule has 2 aromatic heterocycles. The van der Waals surface area contributed by atoms with Crippen LogP contribution in [0.5, 0.6) is 0 Å². The fraction of sp³-hybridized carbons (Fsp3) is 0.333. The Balaban J connectivity index is 1.93. The van der Waals surface area contributed by atoms with Crippen LogP contribution in [0.4, 0.5) is 0 Å². The van der Waals surface area contributed by atoms with Gasteiger partial charge in [0.25, 0.3) is 0 Å². The largest absolute Gasteiger partial charge is 0.481 e. The van der Waals surface area contributed by atoms with Crippen molar-refractivity contribution in [2.24, 2.45) is 5.92 Å². The van der Waals surface area contributed by atoms with E-state index in [-0.39, 0.29) is 0 Å². The predicted molar refractivity (Wildman–Crippen MR) is 66.5 cm³/mol. The number of amides is 1. The summed E-state index contributed by atoms with van der Waals surface area (Å²) in [5.41, 5.74) is 0.739. The average Bonchev–Trinajstić information content (AvgIpc) is 2.81. The van der Waals surface area contributed by atoms with Gasteiger partial charge in [0.1, 0.15) is 11.7 Å². The Morgan fingerprint density at radius 3 is 2.95 bits per heavy atom. The van der Waals surface area contributed by atoms with Gasteiger partial charge in [-0.05, 0) is 19.1 Å². The Morgan fingerprint density at radius 1 is 1.42 bits per heavy atom. The van der Waals surface area contributed by atoms with Gasteiger partial charge in [0, 0.05) is 19.2 Å². The van der Waals surface area contributed by atoms with Crippen molar-refractivity contribution in [1.82, 2.24) is 19.9 Å². The molecule has 0 aliphatic heterocycles. The number of aromatic nitrogens is 3. The number of carbonyl (C=O) groups is 2. The second-order valence-electron chi connectivity index (χ2n) is 4.15. The summed E-state index contributed by atoms with van der Waals surface area (Å²) in [6, 6.07) is 5.57. The molecule has 19 heavy (non-hydrogen) atoms. The molecule has 7 nitrogen and oxygen atoms in total. The molecule has 0 radical (unpaired) electrons. The highest BCUT2D eigenvalue weighted by atomic mass is 16.4. The molecule has 1 atom stereocenters. The van der Waals surface area contributed by atoms with E-state index in [1.54, 1.807) is 0 Å². The Labute approximate surface area is 109 Å². The fourth-order valence-electron chi connectivity index (χ4n) is 1.62. The molecule has 0 saturated carbocycles. The van der Waals surface area contributed by atoms with Gasteiger partial charge in [-0.1, -0.05) is 6.07 Å². The number of pyridine rings is 1. The lowest BCUT2D eigenvalue weighted by Crippen LogP contribution is -2.34. The molecule has 1 amide bonds. The number of nitrogens with one attached hydrogen (secondary N) is 1. The first-order chi connectivity index (χ1) is 9.09. The van der Waals surface area contributed by atoms with Crippen LogP contribution in [0.1, 0.15) is 12.7 Å². The maximum absolute atomic E-state index is 11.4. The number of fused-ring (bicyclic) bond motifs is 1. The van der Waals surface area contributed by atoms with E-state index in [9.17, 15) is 9.59 Å². The smallest absolute Gasteiger partial charge is 0.315 e. The monoisotopic (exact) mass is 262 g/mol. The molecule has 2 N–H and O–H groups in total. The highest BCUT2D eigenvalue weighted by molar-refractivity contribution is 5.96. The minimum Gasteiger partial charge on any atom is -0.481 e. The van der Waals surface area contributed by atoms with Crippen molar-refractivity contribution in [3.63, 3.8) is 0 Å². The molecule has 0 aliphatic carbocycles.